The van der Waals surface area contributed by atoms with Crippen molar-refractivity contribution < 1.29 is 9.59 Å². The Bertz CT molecular complexity index is 785. The predicted octanol–water partition coefficient (Wildman–Crippen LogP) is 2.16. The molecule has 3 N–H and O–H groups in total. The van der Waals surface area contributed by atoms with Crippen molar-refractivity contribution in [3.8, 4) is 0 Å². The molecule has 0 aliphatic heterocycles. The standard InChI is InChI=1S/C14H11N5O2S/c20-12(10-6-3-4-8-15-10)18-19-13(21)17-14-16-9-5-1-2-7-11(9)22-14/h1-8H,(H,18,20)(H2,16,17,19,21). The molecule has 3 amide bonds. The number of nitrogens with one attached hydrogen (secondary N) is 3. The molecule has 0 radical (unpaired) electrons. The molecule has 7 nitrogen and oxygen atoms in total. The average Bonchev–Trinajstić information content (AvgIpc) is 2.95. The van der Waals surface area contributed by atoms with Crippen molar-refractivity contribution in [1.82, 2.24) is 20.8 Å². The fraction of sp³-hybridized carbons (Fsp3) is 0. The Balaban J connectivity index is 1.57. The van der Waals surface area contributed by atoms with E-state index >= 15 is 0 Å². The molecule has 0 aliphatic rings. The quantitative estimate of drug-likeness (QED) is 0.632. The zero-order valence-corrected chi connectivity index (χ0v) is 12.1. The molecule has 1 aromatic carbocycles. The summed E-state index contributed by atoms with van der Waals surface area (Å²) in [5.74, 6) is -0.500. The molecule has 110 valence electrons. The van der Waals surface area contributed by atoms with Crippen LogP contribution in [-0.4, -0.2) is 21.9 Å². The lowest BCUT2D eigenvalue weighted by Crippen LogP contribution is -2.44. The van der Waals surface area contributed by atoms with Crippen molar-refractivity contribution in [1.29, 1.82) is 0 Å². The van der Waals surface area contributed by atoms with E-state index in [1.54, 1.807) is 18.2 Å². The SMILES string of the molecule is O=C(NNC(=O)c1ccccn1)Nc1nc2ccccc2s1. The first-order chi connectivity index (χ1) is 10.7. The fourth-order valence-electron chi connectivity index (χ4n) is 1.73. The first-order valence-corrected chi connectivity index (χ1v) is 7.18. The first kappa shape index (κ1) is 14.0. The van der Waals surface area contributed by atoms with E-state index in [2.05, 4.69) is 26.1 Å². The van der Waals surface area contributed by atoms with Gasteiger partial charge in [0.25, 0.3) is 5.91 Å². The lowest BCUT2D eigenvalue weighted by molar-refractivity contribution is 0.0933. The molecular weight excluding hydrogens is 302 g/mol. The smallest absolute Gasteiger partial charge is 0.282 e. The van der Waals surface area contributed by atoms with Crippen LogP contribution in [0.3, 0.4) is 0 Å². The molecule has 0 aliphatic carbocycles. The Kier molecular flexibility index (Phi) is 3.92. The summed E-state index contributed by atoms with van der Waals surface area (Å²) in [6.07, 6.45) is 1.50. The normalized spacial score (nSPS) is 10.2. The number of thiazole rings is 1. The van der Waals surface area contributed by atoms with Crippen molar-refractivity contribution in [2.45, 2.75) is 0 Å². The molecule has 0 saturated carbocycles. The maximum atomic E-state index is 11.7. The highest BCUT2D eigenvalue weighted by Gasteiger charge is 2.10. The van der Waals surface area contributed by atoms with E-state index in [0.717, 1.165) is 10.2 Å². The van der Waals surface area contributed by atoms with Gasteiger partial charge in [0.2, 0.25) is 0 Å². The highest BCUT2D eigenvalue weighted by atomic mass is 32.1. The van der Waals surface area contributed by atoms with Crippen LogP contribution in [0.15, 0.2) is 48.7 Å². The second kappa shape index (κ2) is 6.19. The van der Waals surface area contributed by atoms with E-state index in [0.29, 0.717) is 5.13 Å². The second-order valence-electron chi connectivity index (χ2n) is 4.23. The van der Waals surface area contributed by atoms with Crippen molar-refractivity contribution in [2.75, 3.05) is 5.32 Å². The van der Waals surface area contributed by atoms with Gasteiger partial charge in [0, 0.05) is 6.20 Å². The number of rotatable bonds is 2. The topological polar surface area (TPSA) is 96.0 Å². The summed E-state index contributed by atoms with van der Waals surface area (Å²) in [5, 5.41) is 3.01. The minimum absolute atomic E-state index is 0.211. The van der Waals surface area contributed by atoms with Gasteiger partial charge >= 0.3 is 6.03 Å². The zero-order valence-electron chi connectivity index (χ0n) is 11.2. The Morgan fingerprint density at radius 3 is 2.59 bits per heavy atom. The summed E-state index contributed by atoms with van der Waals surface area (Å²) in [4.78, 5) is 31.6. The number of nitrogens with zero attached hydrogens (tertiary/aromatic N) is 2. The van der Waals surface area contributed by atoms with Crippen LogP contribution in [0.1, 0.15) is 10.5 Å². The van der Waals surface area contributed by atoms with Crippen molar-refractivity contribution in [3.05, 3.63) is 54.4 Å². The average molecular weight is 313 g/mol. The number of urea groups is 1. The molecule has 22 heavy (non-hydrogen) atoms. The predicted molar refractivity (Wildman–Crippen MR) is 83.5 cm³/mol. The van der Waals surface area contributed by atoms with E-state index in [1.165, 1.54) is 17.5 Å². The van der Waals surface area contributed by atoms with Crippen LogP contribution in [0, 0.1) is 0 Å². The molecule has 0 unspecified atom stereocenters. The Labute approximate surface area is 129 Å². The monoisotopic (exact) mass is 313 g/mol. The maximum absolute atomic E-state index is 11.7. The molecule has 2 heterocycles. The lowest BCUT2D eigenvalue weighted by Gasteiger charge is -2.06. The molecule has 3 aromatic rings. The lowest BCUT2D eigenvalue weighted by atomic mass is 10.3. The van der Waals surface area contributed by atoms with E-state index in [1.807, 2.05) is 24.3 Å². The van der Waals surface area contributed by atoms with Crippen LogP contribution >= 0.6 is 11.3 Å². The number of benzene rings is 1. The van der Waals surface area contributed by atoms with E-state index < -0.39 is 11.9 Å². The minimum Gasteiger partial charge on any atom is -0.282 e. The third kappa shape index (κ3) is 3.18. The van der Waals surface area contributed by atoms with Gasteiger partial charge in [-0.3, -0.25) is 20.5 Å². The molecule has 0 fully saturated rings. The number of fused-ring (bicyclic) bond motifs is 1. The van der Waals surface area contributed by atoms with Gasteiger partial charge in [-0.15, -0.1) is 0 Å². The zero-order chi connectivity index (χ0) is 15.4. The van der Waals surface area contributed by atoms with Gasteiger partial charge in [-0.05, 0) is 24.3 Å². The summed E-state index contributed by atoms with van der Waals surface area (Å²) < 4.78 is 0.968. The van der Waals surface area contributed by atoms with Crippen molar-refractivity contribution in [2.24, 2.45) is 0 Å². The molecule has 0 spiro atoms. The van der Waals surface area contributed by atoms with Gasteiger partial charge in [0.15, 0.2) is 5.13 Å². The van der Waals surface area contributed by atoms with Gasteiger partial charge in [0.1, 0.15) is 5.69 Å². The van der Waals surface area contributed by atoms with E-state index in [9.17, 15) is 9.59 Å². The number of carbonyl (C=O) groups excluding carboxylic acids is 2. The first-order valence-electron chi connectivity index (χ1n) is 6.36. The molecule has 0 atom stereocenters. The fourth-order valence-corrected chi connectivity index (χ4v) is 2.59. The summed E-state index contributed by atoms with van der Waals surface area (Å²) in [6.45, 7) is 0. The van der Waals surface area contributed by atoms with Crippen LogP contribution in [0.25, 0.3) is 10.2 Å². The molecule has 0 bridgehead atoms. The summed E-state index contributed by atoms with van der Waals surface area (Å²) in [5.41, 5.74) is 5.53. The summed E-state index contributed by atoms with van der Waals surface area (Å²) in [7, 11) is 0. The van der Waals surface area contributed by atoms with Crippen LogP contribution in [0.4, 0.5) is 9.93 Å². The highest BCUT2D eigenvalue weighted by Crippen LogP contribution is 2.24. The number of carbonyl (C=O) groups is 2. The van der Waals surface area contributed by atoms with Crippen LogP contribution in [0.2, 0.25) is 0 Å². The molecular formula is C14H11N5O2S. The number of hydrazine groups is 1. The molecule has 3 rings (SSSR count). The van der Waals surface area contributed by atoms with Gasteiger partial charge in [-0.2, -0.15) is 0 Å². The molecule has 0 saturated heterocycles. The van der Waals surface area contributed by atoms with Gasteiger partial charge in [-0.25, -0.2) is 15.2 Å². The maximum Gasteiger partial charge on any atom is 0.339 e. The van der Waals surface area contributed by atoms with Crippen molar-refractivity contribution in [3.63, 3.8) is 0 Å². The number of hydrogen-bond donors (Lipinski definition) is 3. The van der Waals surface area contributed by atoms with Crippen LogP contribution in [0.5, 0.6) is 0 Å². The summed E-state index contributed by atoms with van der Waals surface area (Å²) >= 11 is 1.35. The van der Waals surface area contributed by atoms with Crippen LogP contribution in [-0.2, 0) is 0 Å². The van der Waals surface area contributed by atoms with Gasteiger partial charge in [0.05, 0.1) is 10.2 Å². The highest BCUT2D eigenvalue weighted by molar-refractivity contribution is 7.22. The third-order valence-corrected chi connectivity index (χ3v) is 3.65. The molecule has 8 heteroatoms. The number of aromatic nitrogens is 2. The largest absolute Gasteiger partial charge is 0.339 e. The van der Waals surface area contributed by atoms with Crippen molar-refractivity contribution >= 4 is 38.6 Å². The Morgan fingerprint density at radius 2 is 1.82 bits per heavy atom. The number of hydrogen-bond acceptors (Lipinski definition) is 5. The number of anilines is 1. The van der Waals surface area contributed by atoms with E-state index in [-0.39, 0.29) is 5.69 Å². The summed E-state index contributed by atoms with van der Waals surface area (Å²) in [6, 6.07) is 11.9. The number of para-hydroxylation sites is 1. The Hall–Kier alpha value is -3.00. The molecule has 2 aromatic heterocycles. The van der Waals surface area contributed by atoms with Crippen LogP contribution < -0.4 is 16.2 Å². The van der Waals surface area contributed by atoms with Gasteiger partial charge in [-0.1, -0.05) is 29.5 Å². The third-order valence-electron chi connectivity index (χ3n) is 2.70. The van der Waals surface area contributed by atoms with E-state index in [4.69, 9.17) is 0 Å². The minimum atomic E-state index is -0.580. The van der Waals surface area contributed by atoms with Gasteiger partial charge < -0.3 is 0 Å². The Morgan fingerprint density at radius 1 is 1.00 bits per heavy atom. The second-order valence-corrected chi connectivity index (χ2v) is 5.27. The number of pyridine rings is 1. The number of amides is 3.